The first-order valence-corrected chi connectivity index (χ1v) is 8.34. The molecule has 0 atom stereocenters. The molecule has 1 amide bonds. The van der Waals surface area contributed by atoms with E-state index in [2.05, 4.69) is 22.0 Å². The Labute approximate surface area is 141 Å². The SMILES string of the molecule is CCCCN1CCN(c2nc(COC)nc3c2cnn3C)CC1=O. The molecule has 0 saturated carbocycles. The van der Waals surface area contributed by atoms with Crippen LogP contribution in [0.4, 0.5) is 5.82 Å². The van der Waals surface area contributed by atoms with E-state index in [9.17, 15) is 4.79 Å². The van der Waals surface area contributed by atoms with Gasteiger partial charge in [-0.2, -0.15) is 5.10 Å². The highest BCUT2D eigenvalue weighted by Crippen LogP contribution is 2.25. The molecule has 1 aliphatic heterocycles. The van der Waals surface area contributed by atoms with Crippen molar-refractivity contribution >= 4 is 22.8 Å². The number of fused-ring (bicyclic) bond motifs is 1. The number of unbranched alkanes of at least 4 members (excludes halogenated alkanes) is 1. The maximum Gasteiger partial charge on any atom is 0.242 e. The molecule has 0 aromatic carbocycles. The zero-order valence-corrected chi connectivity index (χ0v) is 14.5. The largest absolute Gasteiger partial charge is 0.377 e. The standard InChI is InChI=1S/C16H24N6O2/c1-4-5-6-21-7-8-22(10-14(21)23)16-12-9-17-20(2)15(12)18-13(19-16)11-24-3/h9H,4-8,10-11H2,1-3H3. The lowest BCUT2D eigenvalue weighted by atomic mass is 10.2. The molecule has 1 fully saturated rings. The second-order valence-corrected chi connectivity index (χ2v) is 6.06. The molecular weight excluding hydrogens is 308 g/mol. The first-order valence-electron chi connectivity index (χ1n) is 8.34. The van der Waals surface area contributed by atoms with Crippen molar-refractivity contribution < 1.29 is 9.53 Å². The van der Waals surface area contributed by atoms with Crippen LogP contribution in [0.1, 0.15) is 25.6 Å². The number of carbonyl (C=O) groups is 1. The van der Waals surface area contributed by atoms with Gasteiger partial charge >= 0.3 is 0 Å². The van der Waals surface area contributed by atoms with E-state index in [0.717, 1.165) is 49.3 Å². The number of piperazine rings is 1. The summed E-state index contributed by atoms with van der Waals surface area (Å²) in [6.07, 6.45) is 3.90. The molecule has 8 heteroatoms. The zero-order valence-electron chi connectivity index (χ0n) is 14.5. The summed E-state index contributed by atoms with van der Waals surface area (Å²) in [5.41, 5.74) is 0.757. The van der Waals surface area contributed by atoms with Gasteiger partial charge in [-0.1, -0.05) is 13.3 Å². The van der Waals surface area contributed by atoms with Crippen LogP contribution in [0.2, 0.25) is 0 Å². The van der Waals surface area contributed by atoms with E-state index in [4.69, 9.17) is 4.74 Å². The van der Waals surface area contributed by atoms with Crippen LogP contribution in [-0.2, 0) is 23.2 Å². The highest BCUT2D eigenvalue weighted by atomic mass is 16.5. The van der Waals surface area contributed by atoms with Crippen molar-refractivity contribution in [1.29, 1.82) is 0 Å². The minimum Gasteiger partial charge on any atom is -0.377 e. The number of hydrogen-bond acceptors (Lipinski definition) is 6. The Balaban J connectivity index is 1.88. The molecule has 0 radical (unpaired) electrons. The second kappa shape index (κ2) is 7.12. The Morgan fingerprint density at radius 3 is 2.83 bits per heavy atom. The number of anilines is 1. The fraction of sp³-hybridized carbons (Fsp3) is 0.625. The maximum atomic E-state index is 12.4. The third-order valence-electron chi connectivity index (χ3n) is 4.29. The molecule has 2 aromatic rings. The van der Waals surface area contributed by atoms with Crippen molar-refractivity contribution in [2.45, 2.75) is 26.4 Å². The van der Waals surface area contributed by atoms with E-state index in [1.807, 2.05) is 16.8 Å². The third kappa shape index (κ3) is 3.19. The van der Waals surface area contributed by atoms with Gasteiger partial charge in [0.1, 0.15) is 12.4 Å². The molecule has 8 nitrogen and oxygen atoms in total. The van der Waals surface area contributed by atoms with Gasteiger partial charge in [-0.05, 0) is 6.42 Å². The van der Waals surface area contributed by atoms with E-state index in [-0.39, 0.29) is 5.91 Å². The van der Waals surface area contributed by atoms with Crippen LogP contribution in [0.5, 0.6) is 0 Å². The van der Waals surface area contributed by atoms with E-state index >= 15 is 0 Å². The van der Waals surface area contributed by atoms with Crippen LogP contribution in [0.25, 0.3) is 11.0 Å². The number of amides is 1. The number of rotatable bonds is 6. The summed E-state index contributed by atoms with van der Waals surface area (Å²) >= 11 is 0. The Bertz CT molecular complexity index is 729. The molecule has 0 unspecified atom stereocenters. The zero-order chi connectivity index (χ0) is 17.1. The van der Waals surface area contributed by atoms with Gasteiger partial charge in [0.25, 0.3) is 0 Å². The lowest BCUT2D eigenvalue weighted by Gasteiger charge is -2.35. The smallest absolute Gasteiger partial charge is 0.242 e. The van der Waals surface area contributed by atoms with Gasteiger partial charge in [0.2, 0.25) is 5.91 Å². The van der Waals surface area contributed by atoms with E-state index < -0.39 is 0 Å². The summed E-state index contributed by atoms with van der Waals surface area (Å²) in [7, 11) is 3.47. The number of nitrogens with zero attached hydrogens (tertiary/aromatic N) is 6. The van der Waals surface area contributed by atoms with Crippen molar-refractivity contribution in [2.75, 3.05) is 38.2 Å². The molecule has 0 aliphatic carbocycles. The number of aryl methyl sites for hydroxylation is 1. The molecule has 3 rings (SSSR count). The fourth-order valence-corrected chi connectivity index (χ4v) is 2.96. The summed E-state index contributed by atoms with van der Waals surface area (Å²) in [6, 6.07) is 0. The van der Waals surface area contributed by atoms with Crippen molar-refractivity contribution in [1.82, 2.24) is 24.6 Å². The molecule has 0 N–H and O–H groups in total. The summed E-state index contributed by atoms with van der Waals surface area (Å²) < 4.78 is 6.89. The van der Waals surface area contributed by atoms with Crippen LogP contribution < -0.4 is 4.90 Å². The summed E-state index contributed by atoms with van der Waals surface area (Å²) in [5, 5.41) is 5.15. The van der Waals surface area contributed by atoms with Crippen molar-refractivity contribution in [3.8, 4) is 0 Å². The number of hydrogen-bond donors (Lipinski definition) is 0. The number of aromatic nitrogens is 4. The highest BCUT2D eigenvalue weighted by molar-refractivity contribution is 5.90. The van der Waals surface area contributed by atoms with Crippen LogP contribution in [0.15, 0.2) is 6.20 Å². The molecule has 0 bridgehead atoms. The van der Waals surface area contributed by atoms with Gasteiger partial charge in [-0.25, -0.2) is 9.97 Å². The predicted molar refractivity (Wildman–Crippen MR) is 90.7 cm³/mol. The summed E-state index contributed by atoms with van der Waals surface area (Å²) in [6.45, 7) is 5.14. The Hall–Kier alpha value is -2.22. The Morgan fingerprint density at radius 2 is 2.12 bits per heavy atom. The molecular formula is C16H24N6O2. The number of methoxy groups -OCH3 is 1. The van der Waals surface area contributed by atoms with Crippen molar-refractivity contribution in [3.63, 3.8) is 0 Å². The van der Waals surface area contributed by atoms with Gasteiger partial charge in [0.05, 0.1) is 18.1 Å². The quantitative estimate of drug-likeness (QED) is 0.784. The van der Waals surface area contributed by atoms with Crippen LogP contribution in [-0.4, -0.2) is 63.8 Å². The van der Waals surface area contributed by atoms with E-state index in [1.165, 1.54) is 0 Å². The Kier molecular flexibility index (Phi) is 4.94. The monoisotopic (exact) mass is 332 g/mol. The Morgan fingerprint density at radius 1 is 1.29 bits per heavy atom. The van der Waals surface area contributed by atoms with Crippen molar-refractivity contribution in [3.05, 3.63) is 12.0 Å². The highest BCUT2D eigenvalue weighted by Gasteiger charge is 2.26. The molecule has 2 aromatic heterocycles. The lowest BCUT2D eigenvalue weighted by molar-refractivity contribution is -0.131. The predicted octanol–water partition coefficient (Wildman–Crippen LogP) is 0.958. The second-order valence-electron chi connectivity index (χ2n) is 6.06. The first kappa shape index (κ1) is 16.6. The van der Waals surface area contributed by atoms with Gasteiger partial charge in [-0.15, -0.1) is 0 Å². The number of ether oxygens (including phenoxy) is 1. The molecule has 24 heavy (non-hydrogen) atoms. The van der Waals surface area contributed by atoms with Gasteiger partial charge in [0.15, 0.2) is 11.5 Å². The summed E-state index contributed by atoms with van der Waals surface area (Å²) in [5.74, 6) is 1.52. The molecule has 3 heterocycles. The molecule has 1 saturated heterocycles. The minimum absolute atomic E-state index is 0.152. The van der Waals surface area contributed by atoms with Gasteiger partial charge in [0, 0.05) is 33.8 Å². The van der Waals surface area contributed by atoms with Crippen LogP contribution in [0, 0.1) is 0 Å². The van der Waals surface area contributed by atoms with Crippen LogP contribution in [0.3, 0.4) is 0 Å². The van der Waals surface area contributed by atoms with Gasteiger partial charge < -0.3 is 14.5 Å². The third-order valence-corrected chi connectivity index (χ3v) is 4.29. The summed E-state index contributed by atoms with van der Waals surface area (Å²) in [4.78, 5) is 25.5. The topological polar surface area (TPSA) is 76.4 Å². The normalized spacial score (nSPS) is 15.5. The molecule has 0 spiro atoms. The fourth-order valence-electron chi connectivity index (χ4n) is 2.96. The first-order chi connectivity index (χ1) is 11.6. The minimum atomic E-state index is 0.152. The van der Waals surface area contributed by atoms with Crippen molar-refractivity contribution in [2.24, 2.45) is 7.05 Å². The molecule has 1 aliphatic rings. The van der Waals surface area contributed by atoms with E-state index in [1.54, 1.807) is 18.0 Å². The molecule has 130 valence electrons. The maximum absolute atomic E-state index is 12.4. The van der Waals surface area contributed by atoms with E-state index in [0.29, 0.717) is 19.0 Å². The van der Waals surface area contributed by atoms with Crippen LogP contribution >= 0.6 is 0 Å². The number of carbonyl (C=O) groups excluding carboxylic acids is 1. The van der Waals surface area contributed by atoms with Gasteiger partial charge in [-0.3, -0.25) is 9.48 Å². The lowest BCUT2D eigenvalue weighted by Crippen LogP contribution is -2.51. The average Bonchev–Trinajstić information content (AvgIpc) is 2.95. The average molecular weight is 332 g/mol.